The van der Waals surface area contributed by atoms with Crippen LogP contribution in [0.4, 0.5) is 5.82 Å². The minimum atomic E-state index is 0.260. The third-order valence-corrected chi connectivity index (χ3v) is 4.19. The van der Waals surface area contributed by atoms with Crippen LogP contribution >= 0.6 is 0 Å². The van der Waals surface area contributed by atoms with Crippen LogP contribution < -0.4 is 5.32 Å². The average Bonchev–Trinajstić information content (AvgIpc) is 2.96. The first-order chi connectivity index (χ1) is 12.7. The van der Waals surface area contributed by atoms with Crippen LogP contribution in [0.3, 0.4) is 0 Å². The fourth-order valence-corrected chi connectivity index (χ4v) is 2.88. The number of aliphatic imine (C=N–C) groups is 2. The molecule has 2 heterocycles. The summed E-state index contributed by atoms with van der Waals surface area (Å²) in [5.41, 5.74) is 4.08. The molecule has 0 saturated heterocycles. The molecule has 0 radical (unpaired) electrons. The summed E-state index contributed by atoms with van der Waals surface area (Å²) in [6.45, 7) is 3.18. The first kappa shape index (κ1) is 16.1. The van der Waals surface area contributed by atoms with E-state index in [0.717, 1.165) is 28.5 Å². The molecule has 0 fully saturated rings. The maximum atomic E-state index is 9.40. The molecular formula is C20H19N5O. The van der Waals surface area contributed by atoms with Gasteiger partial charge in [-0.15, -0.1) is 0 Å². The lowest BCUT2D eigenvalue weighted by molar-refractivity contribution is 0.475. The van der Waals surface area contributed by atoms with Crippen LogP contribution in [0, 0.1) is 6.92 Å². The van der Waals surface area contributed by atoms with Crippen molar-refractivity contribution in [2.24, 2.45) is 9.98 Å². The Morgan fingerprint density at radius 3 is 2.81 bits per heavy atom. The monoisotopic (exact) mass is 345 g/mol. The molecule has 0 atom stereocenters. The van der Waals surface area contributed by atoms with E-state index in [-0.39, 0.29) is 5.75 Å². The van der Waals surface area contributed by atoms with E-state index in [0.29, 0.717) is 13.1 Å². The molecule has 0 aliphatic carbocycles. The minimum Gasteiger partial charge on any atom is -0.508 e. The van der Waals surface area contributed by atoms with Gasteiger partial charge in [0, 0.05) is 12.8 Å². The number of hydrogen-bond donors (Lipinski definition) is 2. The van der Waals surface area contributed by atoms with Crippen LogP contribution in [-0.2, 0) is 6.54 Å². The maximum Gasteiger partial charge on any atom is 0.166 e. The Balaban J connectivity index is 1.62. The number of hydrogen-bond acceptors (Lipinski definition) is 5. The number of nitrogens with zero attached hydrogens (tertiary/aromatic N) is 4. The first-order valence-corrected chi connectivity index (χ1v) is 8.45. The van der Waals surface area contributed by atoms with Gasteiger partial charge < -0.3 is 10.4 Å². The summed E-state index contributed by atoms with van der Waals surface area (Å²) in [6, 6.07) is 15.3. The number of aromatic nitrogens is 2. The molecular weight excluding hydrogens is 326 g/mol. The number of fused-ring (bicyclic) bond motifs is 1. The summed E-state index contributed by atoms with van der Waals surface area (Å²) < 4.78 is 1.84. The Labute approximate surface area is 151 Å². The molecule has 26 heavy (non-hydrogen) atoms. The topological polar surface area (TPSA) is 74.8 Å². The van der Waals surface area contributed by atoms with Crippen molar-refractivity contribution in [3.05, 3.63) is 71.4 Å². The van der Waals surface area contributed by atoms with Gasteiger partial charge in [-0.05, 0) is 42.3 Å². The van der Waals surface area contributed by atoms with Crippen molar-refractivity contribution in [1.82, 2.24) is 15.1 Å². The molecule has 0 unspecified atom stereocenters. The molecule has 1 aromatic heterocycles. The van der Waals surface area contributed by atoms with E-state index >= 15 is 0 Å². The highest BCUT2D eigenvalue weighted by Crippen LogP contribution is 2.25. The number of rotatable bonds is 3. The molecule has 3 aromatic rings. The van der Waals surface area contributed by atoms with Gasteiger partial charge in [-0.3, -0.25) is 4.99 Å². The van der Waals surface area contributed by atoms with Crippen molar-refractivity contribution in [1.29, 1.82) is 0 Å². The van der Waals surface area contributed by atoms with Gasteiger partial charge in [-0.25, -0.2) is 9.67 Å². The number of aryl methyl sites for hydroxylation is 1. The number of benzene rings is 2. The van der Waals surface area contributed by atoms with Gasteiger partial charge in [0.15, 0.2) is 5.82 Å². The van der Waals surface area contributed by atoms with E-state index in [2.05, 4.69) is 39.5 Å². The zero-order chi connectivity index (χ0) is 17.9. The zero-order valence-electron chi connectivity index (χ0n) is 14.4. The van der Waals surface area contributed by atoms with Crippen molar-refractivity contribution in [3.63, 3.8) is 0 Å². The standard InChI is InChI=1S/C20H19N5O/c1-14-3-2-4-16(11-14)25-20-18(13-24-25)19(21-9-10-22-20)23-12-15-5-7-17(26)8-6-15/h2-8,10-11,13,26H,9,12H2,1H3,(H,21,23). The van der Waals surface area contributed by atoms with E-state index in [1.165, 1.54) is 5.56 Å². The van der Waals surface area contributed by atoms with Crippen LogP contribution in [0.25, 0.3) is 5.69 Å². The highest BCUT2D eigenvalue weighted by atomic mass is 16.3. The average molecular weight is 345 g/mol. The molecule has 0 spiro atoms. The van der Waals surface area contributed by atoms with Crippen LogP contribution in [0.1, 0.15) is 16.7 Å². The Morgan fingerprint density at radius 2 is 2.00 bits per heavy atom. The van der Waals surface area contributed by atoms with Crippen LogP contribution in [0.15, 0.2) is 64.7 Å². The van der Waals surface area contributed by atoms with Crippen molar-refractivity contribution in [2.75, 3.05) is 6.54 Å². The Hall–Kier alpha value is -3.41. The fourth-order valence-electron chi connectivity index (χ4n) is 2.88. The fraction of sp³-hybridized carbons (Fsp3) is 0.150. The van der Waals surface area contributed by atoms with Gasteiger partial charge in [-0.2, -0.15) is 5.10 Å². The van der Waals surface area contributed by atoms with Gasteiger partial charge in [0.25, 0.3) is 0 Å². The summed E-state index contributed by atoms with van der Waals surface area (Å²) in [4.78, 5) is 9.13. The molecule has 130 valence electrons. The molecule has 6 nitrogen and oxygen atoms in total. The SMILES string of the molecule is Cc1cccc(-n2ncc3c2N=CCN=C3NCc2ccc(O)cc2)c1. The lowest BCUT2D eigenvalue weighted by Gasteiger charge is -2.09. The highest BCUT2D eigenvalue weighted by Gasteiger charge is 2.18. The number of phenols is 1. The molecule has 2 aromatic carbocycles. The minimum absolute atomic E-state index is 0.260. The number of aromatic hydroxyl groups is 1. The number of phenolic OH excluding ortho intramolecular Hbond substituents is 1. The highest BCUT2D eigenvalue weighted by molar-refractivity contribution is 6.04. The van der Waals surface area contributed by atoms with Gasteiger partial charge in [-0.1, -0.05) is 24.3 Å². The second-order valence-electron chi connectivity index (χ2n) is 6.15. The van der Waals surface area contributed by atoms with Crippen molar-refractivity contribution >= 4 is 17.9 Å². The Morgan fingerprint density at radius 1 is 1.15 bits per heavy atom. The van der Waals surface area contributed by atoms with Gasteiger partial charge in [0.2, 0.25) is 0 Å². The van der Waals surface area contributed by atoms with Gasteiger partial charge >= 0.3 is 0 Å². The maximum absolute atomic E-state index is 9.40. The third kappa shape index (κ3) is 3.21. The molecule has 1 aliphatic rings. The first-order valence-electron chi connectivity index (χ1n) is 8.45. The number of amidine groups is 1. The van der Waals surface area contributed by atoms with Crippen molar-refractivity contribution in [2.45, 2.75) is 13.5 Å². The molecule has 6 heteroatoms. The summed E-state index contributed by atoms with van der Waals surface area (Å²) >= 11 is 0. The van der Waals surface area contributed by atoms with Crippen molar-refractivity contribution < 1.29 is 5.11 Å². The van der Waals surface area contributed by atoms with E-state index in [1.807, 2.05) is 28.9 Å². The second kappa shape index (κ2) is 6.84. The summed E-state index contributed by atoms with van der Waals surface area (Å²) in [5.74, 6) is 1.80. The molecule has 0 saturated carbocycles. The smallest absolute Gasteiger partial charge is 0.166 e. The number of nitrogens with one attached hydrogen (secondary N) is 1. The third-order valence-electron chi connectivity index (χ3n) is 4.19. The van der Waals surface area contributed by atoms with E-state index in [9.17, 15) is 5.11 Å². The predicted octanol–water partition coefficient (Wildman–Crippen LogP) is 3.14. The second-order valence-corrected chi connectivity index (χ2v) is 6.15. The van der Waals surface area contributed by atoms with Crippen LogP contribution in [0.2, 0.25) is 0 Å². The summed E-state index contributed by atoms with van der Waals surface area (Å²) in [5, 5.41) is 17.3. The lowest BCUT2D eigenvalue weighted by atomic mass is 10.2. The van der Waals surface area contributed by atoms with E-state index in [4.69, 9.17) is 0 Å². The molecule has 1 aliphatic heterocycles. The molecule has 0 bridgehead atoms. The Kier molecular flexibility index (Phi) is 4.23. The quantitative estimate of drug-likeness (QED) is 0.766. The van der Waals surface area contributed by atoms with Crippen molar-refractivity contribution in [3.8, 4) is 11.4 Å². The Bertz CT molecular complexity index is 986. The van der Waals surface area contributed by atoms with Crippen LogP contribution in [-0.4, -0.2) is 33.5 Å². The molecule has 4 rings (SSSR count). The van der Waals surface area contributed by atoms with E-state index in [1.54, 1.807) is 24.5 Å². The van der Waals surface area contributed by atoms with Gasteiger partial charge in [0.1, 0.15) is 11.6 Å². The molecule has 0 amide bonds. The largest absolute Gasteiger partial charge is 0.508 e. The summed E-state index contributed by atoms with van der Waals surface area (Å²) in [6.07, 6.45) is 3.59. The normalized spacial score (nSPS) is 13.0. The lowest BCUT2D eigenvalue weighted by Crippen LogP contribution is -2.24. The zero-order valence-corrected chi connectivity index (χ0v) is 14.4. The molecule has 2 N–H and O–H groups in total. The van der Waals surface area contributed by atoms with E-state index < -0.39 is 0 Å². The predicted molar refractivity (Wildman–Crippen MR) is 103 cm³/mol. The van der Waals surface area contributed by atoms with Gasteiger partial charge in [0.05, 0.1) is 24.0 Å². The van der Waals surface area contributed by atoms with Crippen LogP contribution in [0.5, 0.6) is 5.75 Å². The summed E-state index contributed by atoms with van der Waals surface area (Å²) in [7, 11) is 0.